The Labute approximate surface area is 231 Å². The molecule has 1 amide bonds. The van der Waals surface area contributed by atoms with Crippen molar-refractivity contribution in [2.45, 2.75) is 69.7 Å². The van der Waals surface area contributed by atoms with Gasteiger partial charge in [-0.3, -0.25) is 4.98 Å². The number of nitriles is 1. The number of hydrogen-bond acceptors (Lipinski definition) is 9. The van der Waals surface area contributed by atoms with Crippen LogP contribution in [0.2, 0.25) is 0 Å². The zero-order valence-corrected chi connectivity index (χ0v) is 22.3. The van der Waals surface area contributed by atoms with Gasteiger partial charge in [-0.2, -0.15) is 10.4 Å². The number of pyridine rings is 1. The van der Waals surface area contributed by atoms with Crippen molar-refractivity contribution in [3.05, 3.63) is 48.4 Å². The maximum Gasteiger partial charge on any atom is 0.404 e. The second-order valence-corrected chi connectivity index (χ2v) is 10.9. The van der Waals surface area contributed by atoms with Crippen molar-refractivity contribution < 1.29 is 9.53 Å². The molecule has 12 heteroatoms. The lowest BCUT2D eigenvalue weighted by Gasteiger charge is -2.39. The van der Waals surface area contributed by atoms with Crippen LogP contribution in [0.25, 0.3) is 28.2 Å². The number of nitrogens with zero attached hydrogens (tertiary/aromatic N) is 7. The highest BCUT2D eigenvalue weighted by molar-refractivity contribution is 5.79. The van der Waals surface area contributed by atoms with E-state index >= 15 is 0 Å². The third kappa shape index (κ3) is 5.08. The third-order valence-electron chi connectivity index (χ3n) is 8.20. The highest BCUT2D eigenvalue weighted by atomic mass is 16.6. The van der Waals surface area contributed by atoms with Crippen LogP contribution in [0, 0.1) is 17.2 Å². The van der Waals surface area contributed by atoms with Crippen molar-refractivity contribution in [1.82, 2.24) is 29.6 Å². The molecule has 2 fully saturated rings. The first kappa shape index (κ1) is 25.8. The third-order valence-corrected chi connectivity index (χ3v) is 8.20. The number of nitrogens with two attached hydrogens (primary N) is 2. The number of amides is 1. The van der Waals surface area contributed by atoms with Gasteiger partial charge in [-0.15, -0.1) is 5.10 Å². The van der Waals surface area contributed by atoms with Gasteiger partial charge in [0.05, 0.1) is 40.9 Å². The van der Waals surface area contributed by atoms with Crippen LogP contribution >= 0.6 is 0 Å². The van der Waals surface area contributed by atoms with Crippen LogP contribution in [0.1, 0.15) is 57.1 Å². The van der Waals surface area contributed by atoms with Gasteiger partial charge in [-0.05, 0) is 75.6 Å². The van der Waals surface area contributed by atoms with Gasteiger partial charge in [0.25, 0.3) is 0 Å². The molecule has 206 valence electrons. The summed E-state index contributed by atoms with van der Waals surface area (Å²) >= 11 is 0. The predicted octanol–water partition coefficient (Wildman–Crippen LogP) is 3.64. The summed E-state index contributed by atoms with van der Waals surface area (Å²) < 4.78 is 8.91. The Morgan fingerprint density at radius 3 is 2.73 bits per heavy atom. The van der Waals surface area contributed by atoms with Crippen LogP contribution in [-0.2, 0) is 4.74 Å². The average Bonchev–Trinajstić information content (AvgIpc) is 3.57. The standard InChI is InChI=1S/C28H32N10O2/c1-16(40-28(31)39)18-9-20(10-18)34-24-11-25(27-7-6-22-8-17(12-29)13-33-38(22)27)32-14-23(24)26-15-37(36-35-26)21-4-2-19(30)3-5-21/h6-8,11,13-16,18-21H,2-5,9-10,30H2,1H3,(H2,31,39)(H,32,34). The molecule has 4 aromatic heterocycles. The molecular weight excluding hydrogens is 508 g/mol. The lowest BCUT2D eigenvalue weighted by molar-refractivity contribution is 0.0452. The molecule has 4 heterocycles. The summed E-state index contributed by atoms with van der Waals surface area (Å²) in [5.41, 5.74) is 16.7. The van der Waals surface area contributed by atoms with E-state index in [0.717, 1.165) is 72.4 Å². The number of anilines is 1. The van der Waals surface area contributed by atoms with Crippen molar-refractivity contribution in [2.75, 3.05) is 5.32 Å². The lowest BCUT2D eigenvalue weighted by Crippen LogP contribution is -2.42. The fourth-order valence-electron chi connectivity index (χ4n) is 5.78. The second kappa shape index (κ2) is 10.6. The molecule has 0 radical (unpaired) electrons. The first-order valence-electron chi connectivity index (χ1n) is 13.7. The van der Waals surface area contributed by atoms with Crippen LogP contribution in [0.15, 0.2) is 42.9 Å². The van der Waals surface area contributed by atoms with Crippen molar-refractivity contribution in [1.29, 1.82) is 5.26 Å². The van der Waals surface area contributed by atoms with Gasteiger partial charge in [-0.25, -0.2) is 14.0 Å². The van der Waals surface area contributed by atoms with Crippen molar-refractivity contribution in [3.63, 3.8) is 0 Å². The molecule has 0 saturated heterocycles. The SMILES string of the molecule is CC(OC(N)=O)C1CC(Nc2cc(-c3ccc4cc(C#N)cnn34)ncc2-c2cn(C3CCC(N)CC3)nn2)C1. The number of primary amides is 1. The van der Waals surface area contributed by atoms with Gasteiger partial charge in [-0.1, -0.05) is 5.21 Å². The minimum Gasteiger partial charge on any atom is -0.446 e. The van der Waals surface area contributed by atoms with E-state index in [4.69, 9.17) is 21.2 Å². The van der Waals surface area contributed by atoms with E-state index in [0.29, 0.717) is 11.6 Å². The summed E-state index contributed by atoms with van der Waals surface area (Å²) in [7, 11) is 0. The number of ether oxygens (including phenoxy) is 1. The summed E-state index contributed by atoms with van der Waals surface area (Å²) in [5.74, 6) is 0.237. The van der Waals surface area contributed by atoms with Gasteiger partial charge in [0, 0.05) is 29.5 Å². The molecular formula is C28H32N10O2. The highest BCUT2D eigenvalue weighted by Gasteiger charge is 2.35. The van der Waals surface area contributed by atoms with Crippen LogP contribution in [-0.4, -0.2) is 53.9 Å². The van der Waals surface area contributed by atoms with E-state index in [2.05, 4.69) is 26.8 Å². The zero-order valence-electron chi connectivity index (χ0n) is 22.3. The molecule has 2 aliphatic carbocycles. The summed E-state index contributed by atoms with van der Waals surface area (Å²) in [6.45, 7) is 1.88. The predicted molar refractivity (Wildman–Crippen MR) is 148 cm³/mol. The topological polar surface area (TPSA) is 175 Å². The number of carbonyl (C=O) groups excluding carboxylic acids is 1. The Hall–Kier alpha value is -4.50. The number of hydrogen-bond donors (Lipinski definition) is 3. The van der Waals surface area contributed by atoms with Gasteiger partial charge in [0.15, 0.2) is 0 Å². The van der Waals surface area contributed by atoms with E-state index in [1.165, 1.54) is 0 Å². The minimum absolute atomic E-state index is 0.188. The lowest BCUT2D eigenvalue weighted by atomic mass is 9.77. The monoisotopic (exact) mass is 540 g/mol. The van der Waals surface area contributed by atoms with Gasteiger partial charge in [0.2, 0.25) is 0 Å². The fourth-order valence-corrected chi connectivity index (χ4v) is 5.78. The maximum absolute atomic E-state index is 11.2. The van der Waals surface area contributed by atoms with Crippen LogP contribution < -0.4 is 16.8 Å². The smallest absolute Gasteiger partial charge is 0.404 e. The molecule has 0 bridgehead atoms. The highest BCUT2D eigenvalue weighted by Crippen LogP contribution is 2.38. The van der Waals surface area contributed by atoms with Crippen LogP contribution in [0.3, 0.4) is 0 Å². The molecule has 12 nitrogen and oxygen atoms in total. The molecule has 5 N–H and O–H groups in total. The maximum atomic E-state index is 11.2. The van der Waals surface area contributed by atoms with E-state index in [1.54, 1.807) is 16.8 Å². The first-order chi connectivity index (χ1) is 19.4. The molecule has 0 aromatic carbocycles. The van der Waals surface area contributed by atoms with E-state index in [1.807, 2.05) is 42.2 Å². The van der Waals surface area contributed by atoms with E-state index in [9.17, 15) is 10.1 Å². The Morgan fingerprint density at radius 1 is 1.18 bits per heavy atom. The van der Waals surface area contributed by atoms with E-state index in [-0.39, 0.29) is 24.1 Å². The van der Waals surface area contributed by atoms with Crippen LogP contribution in [0.4, 0.5) is 10.5 Å². The van der Waals surface area contributed by atoms with Gasteiger partial charge in [0.1, 0.15) is 17.9 Å². The number of fused-ring (bicyclic) bond motifs is 1. The fraction of sp³-hybridized carbons (Fsp3) is 0.429. The van der Waals surface area contributed by atoms with Crippen LogP contribution in [0.5, 0.6) is 0 Å². The van der Waals surface area contributed by atoms with Crippen molar-refractivity contribution in [3.8, 4) is 28.7 Å². The molecule has 0 spiro atoms. The first-order valence-corrected chi connectivity index (χ1v) is 13.7. The average molecular weight is 541 g/mol. The normalized spacial score (nSPS) is 23.2. The largest absolute Gasteiger partial charge is 0.446 e. The Bertz CT molecular complexity index is 1570. The molecule has 1 unspecified atom stereocenters. The van der Waals surface area contributed by atoms with Crippen molar-refractivity contribution in [2.24, 2.45) is 17.4 Å². The molecule has 4 aromatic rings. The summed E-state index contributed by atoms with van der Waals surface area (Å²) in [6.07, 6.45) is 10.0. The molecule has 0 aliphatic heterocycles. The Kier molecular flexibility index (Phi) is 6.81. The zero-order chi connectivity index (χ0) is 27.8. The molecule has 2 saturated carbocycles. The molecule has 2 aliphatic rings. The second-order valence-electron chi connectivity index (χ2n) is 10.9. The quantitative estimate of drug-likeness (QED) is 0.316. The summed E-state index contributed by atoms with van der Waals surface area (Å²) in [5, 5.41) is 26.3. The number of nitrogens with one attached hydrogen (secondary N) is 1. The van der Waals surface area contributed by atoms with Gasteiger partial charge < -0.3 is 21.5 Å². The summed E-state index contributed by atoms with van der Waals surface area (Å²) in [4.78, 5) is 16.0. The van der Waals surface area contributed by atoms with Gasteiger partial charge >= 0.3 is 6.09 Å². The number of rotatable bonds is 7. The number of aromatic nitrogens is 6. The van der Waals surface area contributed by atoms with E-state index < -0.39 is 6.09 Å². The molecule has 1 atom stereocenters. The van der Waals surface area contributed by atoms with Crippen molar-refractivity contribution >= 4 is 17.3 Å². The molecule has 6 rings (SSSR count). The molecule has 40 heavy (non-hydrogen) atoms. The minimum atomic E-state index is -0.747. The Morgan fingerprint density at radius 2 is 1.98 bits per heavy atom. The Balaban J connectivity index is 1.30. The number of carbonyl (C=O) groups is 1. The summed E-state index contributed by atoms with van der Waals surface area (Å²) in [6, 6.07) is 10.5.